The Bertz CT molecular complexity index is 989. The van der Waals surface area contributed by atoms with Crippen LogP contribution in [0.5, 0.6) is 5.88 Å². The minimum atomic E-state index is -4.44. The lowest BCUT2D eigenvalue weighted by atomic mass is 10.1. The molecular weight excluding hydrogens is 425 g/mol. The van der Waals surface area contributed by atoms with Crippen LogP contribution in [-0.4, -0.2) is 53.5 Å². The number of nitrogens with zero attached hydrogens (tertiary/aromatic N) is 3. The van der Waals surface area contributed by atoms with Crippen molar-refractivity contribution >= 4 is 23.2 Å². The van der Waals surface area contributed by atoms with Gasteiger partial charge < -0.3 is 19.9 Å². The molecule has 1 N–H and O–H groups in total. The largest absolute Gasteiger partial charge is 0.474 e. The highest BCUT2D eigenvalue weighted by atomic mass is 19.4. The molecule has 2 aromatic rings. The molecule has 170 valence electrons. The van der Waals surface area contributed by atoms with Crippen molar-refractivity contribution in [2.24, 2.45) is 0 Å². The molecule has 0 spiro atoms. The number of carbonyl (C=O) groups is 2. The number of aromatic nitrogens is 1. The molecule has 1 atom stereocenters. The van der Waals surface area contributed by atoms with Gasteiger partial charge in [0.2, 0.25) is 17.7 Å². The lowest BCUT2D eigenvalue weighted by molar-refractivity contribution is -0.138. The zero-order valence-electron chi connectivity index (χ0n) is 17.4. The van der Waals surface area contributed by atoms with Crippen molar-refractivity contribution in [2.75, 3.05) is 29.9 Å². The van der Waals surface area contributed by atoms with Crippen molar-refractivity contribution in [3.8, 4) is 5.88 Å². The molecule has 10 heteroatoms. The summed E-state index contributed by atoms with van der Waals surface area (Å²) in [7, 11) is 0. The molecule has 32 heavy (non-hydrogen) atoms. The second kappa shape index (κ2) is 8.68. The number of likely N-dealkylation sites (tertiary alicyclic amines) is 1. The topological polar surface area (TPSA) is 74.8 Å². The fraction of sp³-hybridized carbons (Fsp3) is 0.409. The van der Waals surface area contributed by atoms with Crippen molar-refractivity contribution in [1.82, 2.24) is 9.88 Å². The third-order valence-electron chi connectivity index (χ3n) is 5.73. The number of ether oxygens (including phenoxy) is 1. The van der Waals surface area contributed by atoms with E-state index in [0.717, 1.165) is 18.0 Å². The minimum Gasteiger partial charge on any atom is -0.474 e. The number of alkyl halides is 3. The fourth-order valence-electron chi connectivity index (χ4n) is 3.98. The summed E-state index contributed by atoms with van der Waals surface area (Å²) >= 11 is 0. The molecule has 2 aliphatic rings. The summed E-state index contributed by atoms with van der Waals surface area (Å²) in [5.74, 6) is -0.118. The summed E-state index contributed by atoms with van der Waals surface area (Å²) < 4.78 is 43.7. The van der Waals surface area contributed by atoms with Crippen LogP contribution in [0.3, 0.4) is 0 Å². The van der Waals surface area contributed by atoms with E-state index >= 15 is 0 Å². The number of amides is 2. The van der Waals surface area contributed by atoms with E-state index in [1.807, 2.05) is 18.2 Å². The highest BCUT2D eigenvalue weighted by Gasteiger charge is 2.34. The second-order valence-electron chi connectivity index (χ2n) is 7.89. The number of hydrogen-bond donors (Lipinski definition) is 1. The van der Waals surface area contributed by atoms with Crippen molar-refractivity contribution in [3.63, 3.8) is 0 Å². The van der Waals surface area contributed by atoms with Crippen LogP contribution in [0.1, 0.15) is 25.3 Å². The summed E-state index contributed by atoms with van der Waals surface area (Å²) in [5, 5.41) is 2.81. The molecule has 1 saturated heterocycles. The molecule has 3 heterocycles. The van der Waals surface area contributed by atoms with Crippen molar-refractivity contribution in [2.45, 2.75) is 38.1 Å². The summed E-state index contributed by atoms with van der Waals surface area (Å²) in [5.41, 5.74) is 0.659. The quantitative estimate of drug-likeness (QED) is 0.777. The Morgan fingerprint density at radius 3 is 2.56 bits per heavy atom. The van der Waals surface area contributed by atoms with Gasteiger partial charge in [-0.15, -0.1) is 0 Å². The molecule has 1 fully saturated rings. The number of halogens is 3. The molecule has 0 radical (unpaired) electrons. The monoisotopic (exact) mass is 448 g/mol. The number of fused-ring (bicyclic) bond motifs is 1. The smallest absolute Gasteiger partial charge is 0.417 e. The fourth-order valence-corrected chi connectivity index (χ4v) is 3.98. The molecule has 0 aliphatic carbocycles. The number of para-hydroxylation sites is 2. The van der Waals surface area contributed by atoms with Gasteiger partial charge in [-0.2, -0.15) is 13.2 Å². The third kappa shape index (κ3) is 4.63. The van der Waals surface area contributed by atoms with E-state index in [4.69, 9.17) is 4.74 Å². The average Bonchev–Trinajstić information content (AvgIpc) is 2.78. The van der Waals surface area contributed by atoms with Crippen LogP contribution in [0.4, 0.5) is 24.5 Å². The van der Waals surface area contributed by atoms with Gasteiger partial charge in [-0.1, -0.05) is 12.1 Å². The first-order valence-electron chi connectivity index (χ1n) is 10.4. The number of hydrogen-bond acceptors (Lipinski definition) is 5. The van der Waals surface area contributed by atoms with Crippen LogP contribution < -0.4 is 15.0 Å². The predicted octanol–water partition coefficient (Wildman–Crippen LogP) is 3.32. The maximum atomic E-state index is 13.1. The number of nitrogens with one attached hydrogen (secondary N) is 1. The molecular formula is C22H23F3N4O3. The highest BCUT2D eigenvalue weighted by molar-refractivity contribution is 6.03. The van der Waals surface area contributed by atoms with Gasteiger partial charge in [0.25, 0.3) is 0 Å². The predicted molar refractivity (Wildman–Crippen MR) is 111 cm³/mol. The number of rotatable bonds is 4. The minimum absolute atomic E-state index is 0.0828. The molecule has 2 aliphatic heterocycles. The number of benzene rings is 1. The normalized spacial score (nSPS) is 18.1. The maximum absolute atomic E-state index is 13.1. The van der Waals surface area contributed by atoms with Gasteiger partial charge in [0.1, 0.15) is 12.1 Å². The molecule has 2 amide bonds. The Morgan fingerprint density at radius 2 is 1.91 bits per heavy atom. The highest BCUT2D eigenvalue weighted by Crippen LogP contribution is 2.32. The first kappa shape index (κ1) is 21.9. The van der Waals surface area contributed by atoms with Gasteiger partial charge in [-0.05, 0) is 25.1 Å². The molecule has 0 bridgehead atoms. The Labute approximate surface area is 183 Å². The standard InChI is InChI=1S/C22H23F3N4O3/c1-14(29-13-19(30)27-17-4-2-3-5-18(17)29)21(31)28-10-8-16(9-11-28)32-20-7-6-15(12-26-20)22(23,24)25/h2-7,12,14,16H,8-11,13H2,1H3,(H,27,30)/t14-/m0/s1. The zero-order valence-corrected chi connectivity index (χ0v) is 17.4. The van der Waals surface area contributed by atoms with E-state index in [1.165, 1.54) is 6.07 Å². The molecule has 7 nitrogen and oxygen atoms in total. The average molecular weight is 448 g/mol. The Morgan fingerprint density at radius 1 is 1.19 bits per heavy atom. The first-order chi connectivity index (χ1) is 15.2. The van der Waals surface area contributed by atoms with E-state index in [9.17, 15) is 22.8 Å². The van der Waals surface area contributed by atoms with E-state index < -0.39 is 17.8 Å². The van der Waals surface area contributed by atoms with Gasteiger partial charge in [0.15, 0.2) is 0 Å². The number of piperidine rings is 1. The maximum Gasteiger partial charge on any atom is 0.417 e. The summed E-state index contributed by atoms with van der Waals surface area (Å²) in [6.07, 6.45) is -2.84. The van der Waals surface area contributed by atoms with Gasteiger partial charge in [-0.3, -0.25) is 9.59 Å². The number of pyridine rings is 1. The summed E-state index contributed by atoms with van der Waals surface area (Å²) in [6.45, 7) is 2.79. The SMILES string of the molecule is C[C@@H](C(=O)N1CCC(Oc2ccc(C(F)(F)F)cn2)CC1)N1CC(=O)Nc2ccccc21. The Balaban J connectivity index is 1.34. The van der Waals surface area contributed by atoms with E-state index in [-0.39, 0.29) is 30.3 Å². The van der Waals surface area contributed by atoms with Gasteiger partial charge in [-0.25, -0.2) is 4.98 Å². The molecule has 4 rings (SSSR count). The number of anilines is 2. The van der Waals surface area contributed by atoms with Gasteiger partial charge >= 0.3 is 6.18 Å². The van der Waals surface area contributed by atoms with Crippen LogP contribution in [-0.2, 0) is 15.8 Å². The first-order valence-corrected chi connectivity index (χ1v) is 10.4. The lowest BCUT2D eigenvalue weighted by Crippen LogP contribution is -2.53. The van der Waals surface area contributed by atoms with Crippen LogP contribution in [0.25, 0.3) is 0 Å². The summed E-state index contributed by atoms with van der Waals surface area (Å²) in [4.78, 5) is 32.4. The van der Waals surface area contributed by atoms with Crippen molar-refractivity contribution in [1.29, 1.82) is 0 Å². The Hall–Kier alpha value is -3.30. The summed E-state index contributed by atoms with van der Waals surface area (Å²) in [6, 6.07) is 8.99. The van der Waals surface area contributed by atoms with E-state index in [2.05, 4.69) is 10.3 Å². The molecule has 1 aromatic carbocycles. The third-order valence-corrected chi connectivity index (χ3v) is 5.73. The van der Waals surface area contributed by atoms with Gasteiger partial charge in [0.05, 0.1) is 23.5 Å². The van der Waals surface area contributed by atoms with Gasteiger partial charge in [0, 0.05) is 38.2 Å². The van der Waals surface area contributed by atoms with Crippen LogP contribution in [0, 0.1) is 0 Å². The van der Waals surface area contributed by atoms with E-state index in [0.29, 0.717) is 31.6 Å². The van der Waals surface area contributed by atoms with Crippen molar-refractivity contribution in [3.05, 3.63) is 48.2 Å². The molecule has 0 saturated carbocycles. The van der Waals surface area contributed by atoms with Crippen LogP contribution >= 0.6 is 0 Å². The number of carbonyl (C=O) groups excluding carboxylic acids is 2. The van der Waals surface area contributed by atoms with Crippen LogP contribution in [0.2, 0.25) is 0 Å². The Kier molecular flexibility index (Phi) is 5.94. The van der Waals surface area contributed by atoms with Crippen molar-refractivity contribution < 1.29 is 27.5 Å². The molecule has 1 aromatic heterocycles. The van der Waals surface area contributed by atoms with E-state index in [1.54, 1.807) is 22.8 Å². The second-order valence-corrected chi connectivity index (χ2v) is 7.89. The lowest BCUT2D eigenvalue weighted by Gasteiger charge is -2.39. The molecule has 0 unspecified atom stereocenters. The zero-order chi connectivity index (χ0) is 22.9. The van der Waals surface area contributed by atoms with Crippen LogP contribution in [0.15, 0.2) is 42.6 Å².